The maximum absolute atomic E-state index is 12.7. The number of hydrogen-bond donors (Lipinski definition) is 0. The van der Waals surface area contributed by atoms with E-state index in [4.69, 9.17) is 0 Å². The van der Waals surface area contributed by atoms with Crippen molar-refractivity contribution in [3.8, 4) is 0 Å². The minimum absolute atomic E-state index is 0.227. The van der Waals surface area contributed by atoms with Gasteiger partial charge in [0.2, 0.25) is 5.91 Å². The summed E-state index contributed by atoms with van der Waals surface area (Å²) in [5.41, 5.74) is 5.30. The second-order valence-corrected chi connectivity index (χ2v) is 8.88. The van der Waals surface area contributed by atoms with Gasteiger partial charge in [-0.1, -0.05) is 60.2 Å². The van der Waals surface area contributed by atoms with Gasteiger partial charge in [0, 0.05) is 31.1 Å². The fourth-order valence-corrected chi connectivity index (χ4v) is 4.88. The molecule has 0 unspecified atom stereocenters. The number of thiophene rings is 1. The Morgan fingerprint density at radius 1 is 0.966 bits per heavy atom. The fourth-order valence-electron chi connectivity index (χ4n) is 4.18. The topological polar surface area (TPSA) is 23.6 Å². The smallest absolute Gasteiger partial charge is 0.227 e. The molecule has 29 heavy (non-hydrogen) atoms. The van der Waals surface area contributed by atoms with E-state index in [1.165, 1.54) is 22.3 Å². The lowest BCUT2D eigenvalue weighted by molar-refractivity contribution is -0.132. The minimum atomic E-state index is 0.227. The van der Waals surface area contributed by atoms with Crippen molar-refractivity contribution in [2.24, 2.45) is 0 Å². The molecule has 1 fully saturated rings. The third-order valence-corrected chi connectivity index (χ3v) is 6.66. The molecule has 0 spiro atoms. The van der Waals surface area contributed by atoms with Crippen LogP contribution in [-0.2, 0) is 11.2 Å². The van der Waals surface area contributed by atoms with Crippen LogP contribution in [0.5, 0.6) is 0 Å². The van der Waals surface area contributed by atoms with Gasteiger partial charge in [-0.15, -0.1) is 11.3 Å². The highest BCUT2D eigenvalue weighted by Gasteiger charge is 2.29. The molecule has 0 aliphatic carbocycles. The van der Waals surface area contributed by atoms with Gasteiger partial charge in [0.15, 0.2) is 0 Å². The molecule has 2 heterocycles. The number of amides is 1. The summed E-state index contributed by atoms with van der Waals surface area (Å²) >= 11 is 1.66. The van der Waals surface area contributed by atoms with E-state index in [2.05, 4.69) is 67.3 Å². The first-order valence-corrected chi connectivity index (χ1v) is 11.2. The van der Waals surface area contributed by atoms with Crippen LogP contribution in [0.4, 0.5) is 0 Å². The van der Waals surface area contributed by atoms with Gasteiger partial charge in [0.25, 0.3) is 0 Å². The van der Waals surface area contributed by atoms with Gasteiger partial charge < -0.3 is 4.90 Å². The van der Waals surface area contributed by atoms with Gasteiger partial charge in [-0.3, -0.25) is 9.69 Å². The van der Waals surface area contributed by atoms with Gasteiger partial charge in [0.05, 0.1) is 12.5 Å². The quantitative estimate of drug-likeness (QED) is 0.607. The highest BCUT2D eigenvalue weighted by atomic mass is 32.1. The molecule has 3 nitrogen and oxygen atoms in total. The highest BCUT2D eigenvalue weighted by Crippen LogP contribution is 2.32. The van der Waals surface area contributed by atoms with E-state index in [0.717, 1.165) is 31.1 Å². The Balaban J connectivity index is 1.52. The van der Waals surface area contributed by atoms with E-state index < -0.39 is 0 Å². The lowest BCUT2D eigenvalue weighted by Gasteiger charge is -2.40. The lowest BCUT2D eigenvalue weighted by atomic mass is 9.92. The summed E-state index contributed by atoms with van der Waals surface area (Å²) in [6.45, 7) is 7.72. The van der Waals surface area contributed by atoms with Crippen molar-refractivity contribution in [3.63, 3.8) is 0 Å². The minimum Gasteiger partial charge on any atom is -0.340 e. The fraction of sp³-hybridized carbons (Fsp3) is 0.320. The van der Waals surface area contributed by atoms with Crippen molar-refractivity contribution in [1.82, 2.24) is 9.80 Å². The first-order chi connectivity index (χ1) is 14.1. The molecule has 1 aliphatic rings. The highest BCUT2D eigenvalue weighted by molar-refractivity contribution is 7.10. The average Bonchev–Trinajstić information content (AvgIpc) is 3.25. The van der Waals surface area contributed by atoms with Gasteiger partial charge in [0.1, 0.15) is 0 Å². The predicted molar refractivity (Wildman–Crippen MR) is 120 cm³/mol. The Morgan fingerprint density at radius 2 is 1.72 bits per heavy atom. The molecular weight excluding hydrogens is 376 g/mol. The molecule has 1 saturated heterocycles. The molecule has 150 valence electrons. The summed E-state index contributed by atoms with van der Waals surface area (Å²) in [5.74, 6) is 0.245. The molecule has 0 N–H and O–H groups in total. The Hall–Kier alpha value is -2.43. The molecule has 3 aromatic rings. The van der Waals surface area contributed by atoms with Crippen LogP contribution in [0.25, 0.3) is 0 Å². The summed E-state index contributed by atoms with van der Waals surface area (Å²) in [6.07, 6.45) is 0.525. The van der Waals surface area contributed by atoms with E-state index in [9.17, 15) is 4.79 Å². The van der Waals surface area contributed by atoms with Crippen LogP contribution >= 0.6 is 11.3 Å². The van der Waals surface area contributed by atoms with Crippen LogP contribution in [0, 0.1) is 13.8 Å². The predicted octanol–water partition coefficient (Wildman–Crippen LogP) is 4.84. The number of aryl methyl sites for hydroxylation is 2. The molecule has 0 radical (unpaired) electrons. The number of piperazine rings is 1. The van der Waals surface area contributed by atoms with Crippen molar-refractivity contribution < 1.29 is 4.79 Å². The maximum atomic E-state index is 12.7. The average molecular weight is 405 g/mol. The van der Waals surface area contributed by atoms with E-state index in [1.807, 2.05) is 22.4 Å². The van der Waals surface area contributed by atoms with Crippen molar-refractivity contribution in [2.45, 2.75) is 26.3 Å². The van der Waals surface area contributed by atoms with Gasteiger partial charge in [-0.25, -0.2) is 0 Å². The molecule has 0 bridgehead atoms. The number of hydrogen-bond acceptors (Lipinski definition) is 3. The second-order valence-electron chi connectivity index (χ2n) is 7.85. The largest absolute Gasteiger partial charge is 0.340 e. The summed E-state index contributed by atoms with van der Waals surface area (Å²) in [6, 6.07) is 21.8. The molecule has 1 aromatic heterocycles. The first-order valence-electron chi connectivity index (χ1n) is 10.3. The monoisotopic (exact) mass is 404 g/mol. The Kier molecular flexibility index (Phi) is 6.12. The first kappa shape index (κ1) is 19.9. The summed E-state index contributed by atoms with van der Waals surface area (Å²) < 4.78 is 0. The molecular formula is C25H28N2OS. The van der Waals surface area contributed by atoms with Gasteiger partial charge >= 0.3 is 0 Å². The Labute approximate surface area is 177 Å². The summed E-state index contributed by atoms with van der Waals surface area (Å²) in [4.78, 5) is 18.4. The van der Waals surface area contributed by atoms with E-state index in [-0.39, 0.29) is 11.9 Å². The third kappa shape index (κ3) is 4.60. The van der Waals surface area contributed by atoms with E-state index >= 15 is 0 Å². The number of rotatable bonds is 5. The molecule has 1 aliphatic heterocycles. The molecule has 2 aromatic carbocycles. The van der Waals surface area contributed by atoms with Crippen LogP contribution in [0.3, 0.4) is 0 Å². The third-order valence-electron chi connectivity index (χ3n) is 5.78. The van der Waals surface area contributed by atoms with Crippen molar-refractivity contribution >= 4 is 17.2 Å². The Bertz CT molecular complexity index is 944. The van der Waals surface area contributed by atoms with Crippen molar-refractivity contribution in [3.05, 3.63) is 93.2 Å². The number of carbonyl (C=O) groups excluding carboxylic acids is 1. The SMILES string of the molecule is Cc1ccc(C)c([C@@H](c2ccccc2)N2CCN(C(=O)Cc3cccs3)CC2)c1. The molecule has 4 heteroatoms. The molecule has 1 amide bonds. The summed E-state index contributed by atoms with van der Waals surface area (Å²) in [7, 11) is 0. The standard InChI is InChI=1S/C25H28N2OS/c1-19-10-11-20(2)23(17-19)25(21-7-4-3-5-8-21)27-14-12-26(13-15-27)24(28)18-22-9-6-16-29-22/h3-11,16-17,25H,12-15,18H2,1-2H3/t25-/m1/s1. The van der Waals surface area contributed by atoms with Gasteiger partial charge in [-0.05, 0) is 42.0 Å². The zero-order valence-electron chi connectivity index (χ0n) is 17.2. The van der Waals surface area contributed by atoms with Crippen LogP contribution in [0.1, 0.15) is 33.2 Å². The number of benzene rings is 2. The van der Waals surface area contributed by atoms with Gasteiger partial charge in [-0.2, -0.15) is 0 Å². The van der Waals surface area contributed by atoms with Crippen molar-refractivity contribution in [2.75, 3.05) is 26.2 Å². The van der Waals surface area contributed by atoms with E-state index in [0.29, 0.717) is 6.42 Å². The van der Waals surface area contributed by atoms with Crippen LogP contribution < -0.4 is 0 Å². The molecule has 0 saturated carbocycles. The van der Waals surface area contributed by atoms with Crippen LogP contribution in [0.15, 0.2) is 66.0 Å². The van der Waals surface area contributed by atoms with Crippen molar-refractivity contribution in [1.29, 1.82) is 0 Å². The molecule has 4 rings (SSSR count). The number of carbonyl (C=O) groups is 1. The van der Waals surface area contributed by atoms with Crippen LogP contribution in [0.2, 0.25) is 0 Å². The summed E-state index contributed by atoms with van der Waals surface area (Å²) in [5, 5.41) is 2.04. The van der Waals surface area contributed by atoms with E-state index in [1.54, 1.807) is 11.3 Å². The maximum Gasteiger partial charge on any atom is 0.227 e. The lowest BCUT2D eigenvalue weighted by Crippen LogP contribution is -2.50. The normalized spacial score (nSPS) is 16.0. The van der Waals surface area contributed by atoms with Crippen LogP contribution in [-0.4, -0.2) is 41.9 Å². The Morgan fingerprint density at radius 3 is 2.41 bits per heavy atom. The zero-order valence-corrected chi connectivity index (χ0v) is 18.0. The second kappa shape index (κ2) is 8.93. The molecule has 1 atom stereocenters. The number of nitrogens with zero attached hydrogens (tertiary/aromatic N) is 2. The zero-order chi connectivity index (χ0) is 20.2.